The summed E-state index contributed by atoms with van der Waals surface area (Å²) in [4.78, 5) is 45.7. The minimum Gasteiger partial charge on any atom is -0.464 e. The van der Waals surface area contributed by atoms with Crippen molar-refractivity contribution in [3.63, 3.8) is 0 Å². The third-order valence-electron chi connectivity index (χ3n) is 6.74. The number of sulfone groups is 1. The smallest absolute Gasteiger partial charge is 0.356 e. The Bertz CT molecular complexity index is 1760. The van der Waals surface area contributed by atoms with Crippen LogP contribution in [0.2, 0.25) is 0 Å². The Morgan fingerprint density at radius 2 is 1.87 bits per heavy atom. The van der Waals surface area contributed by atoms with Crippen LogP contribution < -0.4 is 5.32 Å². The Labute approximate surface area is 224 Å². The second-order valence-corrected chi connectivity index (χ2v) is 11.2. The molecular formula is C28H26N4O6S. The molecular weight excluding hydrogens is 520 g/mol. The highest BCUT2D eigenvalue weighted by Crippen LogP contribution is 2.37. The quantitative estimate of drug-likeness (QED) is 0.279. The number of pyridine rings is 1. The van der Waals surface area contributed by atoms with E-state index in [0.717, 1.165) is 16.5 Å². The Hall–Kier alpha value is -4.51. The number of rotatable bonds is 7. The fourth-order valence-electron chi connectivity index (χ4n) is 4.89. The van der Waals surface area contributed by atoms with Crippen LogP contribution in [0.5, 0.6) is 0 Å². The van der Waals surface area contributed by atoms with E-state index in [9.17, 15) is 22.8 Å². The summed E-state index contributed by atoms with van der Waals surface area (Å²) in [6.07, 6.45) is 1.47. The topological polar surface area (TPSA) is 128 Å². The molecule has 11 heteroatoms. The maximum absolute atomic E-state index is 13.8. The highest BCUT2D eigenvalue weighted by Gasteiger charge is 2.39. The monoisotopic (exact) mass is 546 g/mol. The molecule has 0 bridgehead atoms. The highest BCUT2D eigenvalue weighted by molar-refractivity contribution is 7.91. The average Bonchev–Trinajstić information content (AvgIpc) is 3.18. The van der Waals surface area contributed by atoms with Crippen molar-refractivity contribution in [3.8, 4) is 0 Å². The van der Waals surface area contributed by atoms with Crippen molar-refractivity contribution >= 4 is 49.4 Å². The first-order chi connectivity index (χ1) is 18.7. The molecule has 2 aromatic heterocycles. The number of hydrogen-bond acceptors (Lipinski definition) is 7. The number of ether oxygens (including phenoxy) is 1. The summed E-state index contributed by atoms with van der Waals surface area (Å²) >= 11 is 0. The molecule has 10 nitrogen and oxygen atoms in total. The van der Waals surface area contributed by atoms with Crippen molar-refractivity contribution in [2.24, 2.45) is 0 Å². The molecule has 5 rings (SSSR count). The second-order valence-electron chi connectivity index (χ2n) is 9.23. The normalized spacial score (nSPS) is 15.3. The first kappa shape index (κ1) is 26.1. The van der Waals surface area contributed by atoms with Gasteiger partial charge in [0.15, 0.2) is 15.9 Å². The van der Waals surface area contributed by atoms with Gasteiger partial charge >= 0.3 is 5.97 Å². The number of nitrogens with zero attached hydrogens (tertiary/aromatic N) is 3. The number of amides is 2. The molecule has 0 spiro atoms. The molecule has 0 aliphatic carbocycles. The molecule has 0 saturated carbocycles. The Kier molecular flexibility index (Phi) is 6.69. The molecule has 0 saturated heterocycles. The van der Waals surface area contributed by atoms with E-state index < -0.39 is 39.5 Å². The van der Waals surface area contributed by atoms with Crippen LogP contribution in [0.1, 0.15) is 27.8 Å². The van der Waals surface area contributed by atoms with Gasteiger partial charge in [0.2, 0.25) is 11.8 Å². The summed E-state index contributed by atoms with van der Waals surface area (Å²) in [5.41, 5.74) is 2.23. The number of aromatic nitrogens is 2. The van der Waals surface area contributed by atoms with Crippen LogP contribution in [0.15, 0.2) is 72.1 Å². The summed E-state index contributed by atoms with van der Waals surface area (Å²) in [6, 6.07) is 13.9. The van der Waals surface area contributed by atoms with E-state index in [2.05, 4.69) is 16.9 Å². The molecule has 4 aromatic rings. The summed E-state index contributed by atoms with van der Waals surface area (Å²) < 4.78 is 32.6. The van der Waals surface area contributed by atoms with Gasteiger partial charge in [0.25, 0.3) is 0 Å². The Morgan fingerprint density at radius 3 is 2.56 bits per heavy atom. The van der Waals surface area contributed by atoms with Crippen molar-refractivity contribution in [2.75, 3.05) is 19.5 Å². The number of carbonyl (C=O) groups excluding carboxylic acids is 3. The molecule has 0 fully saturated rings. The van der Waals surface area contributed by atoms with Crippen molar-refractivity contribution in [3.05, 3.63) is 84.2 Å². The van der Waals surface area contributed by atoms with Crippen molar-refractivity contribution in [2.45, 2.75) is 24.4 Å². The van der Waals surface area contributed by atoms with E-state index in [-0.39, 0.29) is 29.4 Å². The molecule has 1 aliphatic heterocycles. The van der Waals surface area contributed by atoms with Crippen molar-refractivity contribution in [1.82, 2.24) is 19.8 Å². The molecule has 1 N–H and O–H groups in total. The van der Waals surface area contributed by atoms with Crippen molar-refractivity contribution < 1.29 is 27.5 Å². The largest absolute Gasteiger partial charge is 0.464 e. The zero-order valence-electron chi connectivity index (χ0n) is 21.4. The molecule has 1 atom stereocenters. The number of carbonyl (C=O) groups is 3. The van der Waals surface area contributed by atoms with Gasteiger partial charge in [-0.15, -0.1) is 6.58 Å². The number of esters is 1. The van der Waals surface area contributed by atoms with Crippen LogP contribution in [0.3, 0.4) is 0 Å². The van der Waals surface area contributed by atoms with Gasteiger partial charge in [-0.3, -0.25) is 9.59 Å². The van der Waals surface area contributed by atoms with Crippen LogP contribution in [0.4, 0.5) is 0 Å². The van der Waals surface area contributed by atoms with Crippen LogP contribution >= 0.6 is 0 Å². The van der Waals surface area contributed by atoms with Crippen molar-refractivity contribution in [1.29, 1.82) is 0 Å². The maximum atomic E-state index is 13.8. The maximum Gasteiger partial charge on any atom is 0.356 e. The molecule has 2 aromatic carbocycles. The number of hydrogen-bond donors (Lipinski definition) is 1. The fourth-order valence-corrected chi connectivity index (χ4v) is 5.94. The fraction of sp³-hybridized carbons (Fsp3) is 0.214. The third-order valence-corrected chi connectivity index (χ3v) is 8.26. The van der Waals surface area contributed by atoms with E-state index in [1.807, 2.05) is 31.2 Å². The molecule has 1 aliphatic rings. The highest BCUT2D eigenvalue weighted by atomic mass is 32.2. The predicted octanol–water partition coefficient (Wildman–Crippen LogP) is 2.90. The van der Waals surface area contributed by atoms with Gasteiger partial charge < -0.3 is 19.5 Å². The van der Waals surface area contributed by atoms with Gasteiger partial charge in [-0.2, -0.15) is 0 Å². The van der Waals surface area contributed by atoms with E-state index in [0.29, 0.717) is 10.9 Å². The SMILES string of the molecule is C=CCN1C(=O)Cn2c3ccccc3c3cc(C(=O)OC)nc(c32)C1C(=O)NCS(=O)(=O)c1ccc(C)cc1. The lowest BCUT2D eigenvalue weighted by Gasteiger charge is -2.28. The van der Waals surface area contributed by atoms with Crippen LogP contribution in [0.25, 0.3) is 21.8 Å². The molecule has 1 unspecified atom stereocenters. The number of fused-ring (bicyclic) bond motifs is 3. The first-order valence-electron chi connectivity index (χ1n) is 12.1. The Morgan fingerprint density at radius 1 is 1.15 bits per heavy atom. The van der Waals surface area contributed by atoms with Gasteiger partial charge in [-0.05, 0) is 31.2 Å². The zero-order chi connectivity index (χ0) is 27.9. The van der Waals surface area contributed by atoms with Gasteiger partial charge in [-0.1, -0.05) is 42.0 Å². The lowest BCUT2D eigenvalue weighted by molar-refractivity contribution is -0.140. The molecule has 200 valence electrons. The van der Waals surface area contributed by atoms with Crippen LogP contribution in [-0.4, -0.2) is 60.2 Å². The lowest BCUT2D eigenvalue weighted by Crippen LogP contribution is -2.45. The minimum atomic E-state index is -3.88. The molecule has 39 heavy (non-hydrogen) atoms. The van der Waals surface area contributed by atoms with E-state index in [1.54, 1.807) is 22.8 Å². The Balaban J connectivity index is 1.66. The molecule has 3 heterocycles. The van der Waals surface area contributed by atoms with Gasteiger partial charge in [0.05, 0.1) is 23.2 Å². The number of benzene rings is 2. The summed E-state index contributed by atoms with van der Waals surface area (Å²) in [5, 5.41) is 3.88. The van der Waals surface area contributed by atoms with Gasteiger partial charge in [-0.25, -0.2) is 18.2 Å². The average molecular weight is 547 g/mol. The predicted molar refractivity (Wildman–Crippen MR) is 145 cm³/mol. The number of para-hydroxylation sites is 1. The number of aryl methyl sites for hydroxylation is 1. The van der Waals surface area contributed by atoms with E-state index in [4.69, 9.17) is 4.74 Å². The van der Waals surface area contributed by atoms with Crippen LogP contribution in [-0.2, 0) is 30.7 Å². The van der Waals surface area contributed by atoms with Gasteiger partial charge in [0.1, 0.15) is 18.1 Å². The summed E-state index contributed by atoms with van der Waals surface area (Å²) in [6.45, 7) is 5.46. The van der Waals surface area contributed by atoms with Gasteiger partial charge in [0, 0.05) is 22.8 Å². The lowest BCUT2D eigenvalue weighted by atomic mass is 10.1. The number of nitrogens with one attached hydrogen (secondary N) is 1. The van der Waals surface area contributed by atoms with E-state index >= 15 is 0 Å². The first-order valence-corrected chi connectivity index (χ1v) is 13.8. The van der Waals surface area contributed by atoms with Crippen LogP contribution in [0, 0.1) is 6.92 Å². The summed E-state index contributed by atoms with van der Waals surface area (Å²) in [7, 11) is -2.65. The minimum absolute atomic E-state index is 0.00394. The molecule has 0 radical (unpaired) electrons. The van der Waals surface area contributed by atoms with E-state index in [1.165, 1.54) is 30.2 Å². The molecule has 2 amide bonds. The third kappa shape index (κ3) is 4.54. The zero-order valence-corrected chi connectivity index (χ0v) is 22.2. The summed E-state index contributed by atoms with van der Waals surface area (Å²) in [5.74, 6) is -2.55. The second kappa shape index (κ2) is 9.99. The number of methoxy groups -OCH3 is 1. The standard InChI is InChI=1S/C28H26N4O6S/c1-4-13-31-23(33)15-32-22-8-6-5-7-19(22)20-14-21(28(35)38-3)30-24(25(20)32)26(31)27(34)29-16-39(36,37)18-11-9-17(2)10-12-18/h4-12,14,26H,1,13,15-16H2,2-3H3,(H,29,34).